The van der Waals surface area contributed by atoms with E-state index in [1.54, 1.807) is 13.0 Å². The summed E-state index contributed by atoms with van der Waals surface area (Å²) in [6.07, 6.45) is -4.36. The fourth-order valence-electron chi connectivity index (χ4n) is 2.88. The summed E-state index contributed by atoms with van der Waals surface area (Å²) >= 11 is 0. The largest absolute Gasteiger partial charge is 0.416 e. The molecular formula is C19H25F3N4O. The predicted octanol–water partition coefficient (Wildman–Crippen LogP) is 2.88. The highest BCUT2D eigenvalue weighted by molar-refractivity contribution is 5.79. The Morgan fingerprint density at radius 2 is 1.89 bits per heavy atom. The number of halogens is 3. The molecule has 148 valence electrons. The Labute approximate surface area is 157 Å². The van der Waals surface area contributed by atoms with Crippen molar-refractivity contribution in [2.24, 2.45) is 5.92 Å². The van der Waals surface area contributed by atoms with Gasteiger partial charge in [0.1, 0.15) is 5.54 Å². The first-order valence-corrected chi connectivity index (χ1v) is 8.92. The molecule has 0 saturated carbocycles. The van der Waals surface area contributed by atoms with Crippen LogP contribution >= 0.6 is 0 Å². The minimum atomic E-state index is -4.36. The molecule has 1 amide bonds. The summed E-state index contributed by atoms with van der Waals surface area (Å²) in [5.74, 6) is -0.246. The number of rotatable bonds is 5. The Kier molecular flexibility index (Phi) is 6.37. The number of nitrogens with one attached hydrogen (secondary N) is 1. The summed E-state index contributed by atoms with van der Waals surface area (Å²) in [6.45, 7) is 7.81. The molecule has 1 aromatic rings. The molecule has 0 spiro atoms. The molecular weight excluding hydrogens is 357 g/mol. The molecule has 1 atom stereocenters. The third-order valence-corrected chi connectivity index (χ3v) is 5.06. The number of anilines is 1. The first-order valence-electron chi connectivity index (χ1n) is 8.92. The van der Waals surface area contributed by atoms with Crippen molar-refractivity contribution in [3.63, 3.8) is 0 Å². The highest BCUT2D eigenvalue weighted by Gasteiger charge is 2.32. The van der Waals surface area contributed by atoms with Crippen LogP contribution in [0.2, 0.25) is 0 Å². The smallest absolute Gasteiger partial charge is 0.369 e. The van der Waals surface area contributed by atoms with Gasteiger partial charge in [-0.2, -0.15) is 18.4 Å². The summed E-state index contributed by atoms with van der Waals surface area (Å²) in [5, 5.41) is 12.1. The molecule has 0 bridgehead atoms. The zero-order chi connectivity index (χ0) is 20.2. The summed E-state index contributed by atoms with van der Waals surface area (Å²) in [5.41, 5.74) is -1.05. The van der Waals surface area contributed by atoms with Gasteiger partial charge in [-0.05, 0) is 31.0 Å². The first-order chi connectivity index (χ1) is 12.5. The fraction of sp³-hybridized carbons (Fsp3) is 0.579. The maximum atomic E-state index is 12.9. The SMILES string of the molecule is CC(C)[C@@](C)(C#N)NC(=O)CN1CCN(c2cccc(C(F)(F)F)c2)CC1. The van der Waals surface area contributed by atoms with Gasteiger partial charge in [0.15, 0.2) is 0 Å². The molecule has 0 unspecified atom stereocenters. The Bertz CT molecular complexity index is 706. The van der Waals surface area contributed by atoms with Crippen molar-refractivity contribution in [3.8, 4) is 6.07 Å². The first kappa shape index (κ1) is 21.0. The summed E-state index contributed by atoms with van der Waals surface area (Å²) < 4.78 is 38.6. The van der Waals surface area contributed by atoms with Gasteiger partial charge >= 0.3 is 6.18 Å². The Hall–Kier alpha value is -2.27. The van der Waals surface area contributed by atoms with Crippen LogP contribution in [0.5, 0.6) is 0 Å². The van der Waals surface area contributed by atoms with Crippen LogP contribution in [-0.4, -0.2) is 49.1 Å². The van der Waals surface area contributed by atoms with Gasteiger partial charge in [-0.15, -0.1) is 0 Å². The normalized spacial score (nSPS) is 18.1. The number of carbonyl (C=O) groups is 1. The van der Waals surface area contributed by atoms with Gasteiger partial charge in [0, 0.05) is 31.9 Å². The topological polar surface area (TPSA) is 59.4 Å². The highest BCUT2D eigenvalue weighted by Crippen LogP contribution is 2.31. The van der Waals surface area contributed by atoms with E-state index in [-0.39, 0.29) is 18.4 Å². The lowest BCUT2D eigenvalue weighted by atomic mass is 9.90. The summed E-state index contributed by atoms with van der Waals surface area (Å²) in [6, 6.07) is 7.43. The molecule has 2 rings (SSSR count). The van der Waals surface area contributed by atoms with Gasteiger partial charge in [-0.1, -0.05) is 19.9 Å². The molecule has 0 aliphatic carbocycles. The number of carbonyl (C=O) groups excluding carboxylic acids is 1. The third kappa shape index (κ3) is 5.36. The van der Waals surface area contributed by atoms with E-state index in [0.717, 1.165) is 12.1 Å². The fourth-order valence-corrected chi connectivity index (χ4v) is 2.88. The van der Waals surface area contributed by atoms with Crippen LogP contribution in [0.25, 0.3) is 0 Å². The Balaban J connectivity index is 1.91. The summed E-state index contributed by atoms with van der Waals surface area (Å²) in [7, 11) is 0. The molecule has 1 aromatic carbocycles. The molecule has 27 heavy (non-hydrogen) atoms. The zero-order valence-electron chi connectivity index (χ0n) is 15.8. The molecule has 5 nitrogen and oxygen atoms in total. The molecule has 1 N–H and O–H groups in total. The molecule has 0 radical (unpaired) electrons. The van der Waals surface area contributed by atoms with E-state index in [1.165, 1.54) is 6.07 Å². The van der Waals surface area contributed by atoms with E-state index >= 15 is 0 Å². The van der Waals surface area contributed by atoms with Crippen molar-refractivity contribution in [1.29, 1.82) is 5.26 Å². The monoisotopic (exact) mass is 382 g/mol. The zero-order valence-corrected chi connectivity index (χ0v) is 15.8. The van der Waals surface area contributed by atoms with Crippen LogP contribution in [0.15, 0.2) is 24.3 Å². The van der Waals surface area contributed by atoms with Gasteiger partial charge in [-0.3, -0.25) is 9.69 Å². The third-order valence-electron chi connectivity index (χ3n) is 5.06. The maximum absolute atomic E-state index is 12.9. The van der Waals surface area contributed by atoms with Crippen LogP contribution < -0.4 is 10.2 Å². The standard InChI is InChI=1S/C19H25F3N4O/c1-14(2)18(3,13-23)24-17(27)12-25-7-9-26(10-8-25)16-6-4-5-15(11-16)19(20,21)22/h4-6,11,14H,7-10,12H2,1-3H3,(H,24,27)/t18-/m1/s1. The van der Waals surface area contributed by atoms with E-state index in [0.29, 0.717) is 31.9 Å². The quantitative estimate of drug-likeness (QED) is 0.851. The van der Waals surface area contributed by atoms with Crippen LogP contribution in [0, 0.1) is 17.2 Å². The molecule has 1 heterocycles. The molecule has 1 aliphatic rings. The number of hydrogen-bond acceptors (Lipinski definition) is 4. The van der Waals surface area contributed by atoms with E-state index in [4.69, 9.17) is 0 Å². The Morgan fingerprint density at radius 1 is 1.26 bits per heavy atom. The van der Waals surface area contributed by atoms with Crippen LogP contribution in [0.1, 0.15) is 26.3 Å². The second kappa shape index (κ2) is 8.17. The number of alkyl halides is 3. The number of hydrogen-bond donors (Lipinski definition) is 1. The molecule has 8 heteroatoms. The number of nitrogens with zero attached hydrogens (tertiary/aromatic N) is 3. The van der Waals surface area contributed by atoms with Gasteiger partial charge in [0.2, 0.25) is 5.91 Å². The second-order valence-corrected chi connectivity index (χ2v) is 7.33. The minimum absolute atomic E-state index is 0.0239. The Morgan fingerprint density at radius 3 is 2.41 bits per heavy atom. The minimum Gasteiger partial charge on any atom is -0.369 e. The summed E-state index contributed by atoms with van der Waals surface area (Å²) in [4.78, 5) is 16.1. The second-order valence-electron chi connectivity index (χ2n) is 7.33. The highest BCUT2D eigenvalue weighted by atomic mass is 19.4. The van der Waals surface area contributed by atoms with E-state index in [1.807, 2.05) is 23.6 Å². The van der Waals surface area contributed by atoms with Crippen LogP contribution in [0.3, 0.4) is 0 Å². The van der Waals surface area contributed by atoms with E-state index in [2.05, 4.69) is 11.4 Å². The van der Waals surface area contributed by atoms with Gasteiger partial charge in [-0.25, -0.2) is 0 Å². The van der Waals surface area contributed by atoms with Crippen molar-refractivity contribution >= 4 is 11.6 Å². The lowest BCUT2D eigenvalue weighted by Crippen LogP contribution is -2.54. The molecule has 1 aliphatic heterocycles. The average Bonchev–Trinajstić information content (AvgIpc) is 2.61. The van der Waals surface area contributed by atoms with Crippen LogP contribution in [0.4, 0.5) is 18.9 Å². The van der Waals surface area contributed by atoms with Crippen molar-refractivity contribution < 1.29 is 18.0 Å². The lowest BCUT2D eigenvalue weighted by Gasteiger charge is -2.36. The maximum Gasteiger partial charge on any atom is 0.416 e. The molecule has 1 saturated heterocycles. The van der Waals surface area contributed by atoms with Crippen molar-refractivity contribution in [2.75, 3.05) is 37.6 Å². The number of benzene rings is 1. The number of nitriles is 1. The van der Waals surface area contributed by atoms with Crippen molar-refractivity contribution in [3.05, 3.63) is 29.8 Å². The predicted molar refractivity (Wildman–Crippen MR) is 97.1 cm³/mol. The number of piperazine rings is 1. The van der Waals surface area contributed by atoms with E-state index < -0.39 is 17.3 Å². The molecule has 1 fully saturated rings. The van der Waals surface area contributed by atoms with Gasteiger partial charge in [0.05, 0.1) is 18.2 Å². The molecule has 0 aromatic heterocycles. The van der Waals surface area contributed by atoms with Crippen molar-refractivity contribution in [1.82, 2.24) is 10.2 Å². The lowest BCUT2D eigenvalue weighted by molar-refractivity contribution is -0.137. The van der Waals surface area contributed by atoms with Gasteiger partial charge in [0.25, 0.3) is 0 Å². The van der Waals surface area contributed by atoms with E-state index in [9.17, 15) is 23.2 Å². The number of amides is 1. The van der Waals surface area contributed by atoms with Gasteiger partial charge < -0.3 is 10.2 Å². The van der Waals surface area contributed by atoms with Crippen LogP contribution in [-0.2, 0) is 11.0 Å². The average molecular weight is 382 g/mol. The van der Waals surface area contributed by atoms with Crippen molar-refractivity contribution in [2.45, 2.75) is 32.5 Å².